The van der Waals surface area contributed by atoms with E-state index in [1.807, 2.05) is 38.2 Å². The first-order valence-electron chi connectivity index (χ1n) is 9.74. The molecule has 1 amide bonds. The number of nitrogens with zero attached hydrogens (tertiary/aromatic N) is 5. The first-order valence-corrected chi connectivity index (χ1v) is 9.74. The number of benzene rings is 1. The highest BCUT2D eigenvalue weighted by molar-refractivity contribution is 5.95. The van der Waals surface area contributed by atoms with Crippen LogP contribution in [0.25, 0.3) is 11.1 Å². The molecule has 1 N–H and O–H groups in total. The van der Waals surface area contributed by atoms with Crippen LogP contribution in [0.1, 0.15) is 40.6 Å². The van der Waals surface area contributed by atoms with E-state index in [0.29, 0.717) is 34.7 Å². The van der Waals surface area contributed by atoms with Crippen molar-refractivity contribution >= 4 is 5.91 Å². The molecule has 9 heteroatoms. The Bertz CT molecular complexity index is 1210. The summed E-state index contributed by atoms with van der Waals surface area (Å²) in [5.41, 5.74) is 3.06. The number of aryl methyl sites for hydroxylation is 3. The molecule has 31 heavy (non-hydrogen) atoms. The molecule has 9 nitrogen and oxygen atoms in total. The summed E-state index contributed by atoms with van der Waals surface area (Å²) in [7, 11) is 1.83. The topological polar surface area (TPSA) is 108 Å². The lowest BCUT2D eigenvalue weighted by atomic mass is 10.0. The van der Waals surface area contributed by atoms with Crippen molar-refractivity contribution in [1.82, 2.24) is 30.0 Å². The van der Waals surface area contributed by atoms with Crippen LogP contribution in [0.2, 0.25) is 0 Å². The zero-order valence-electron chi connectivity index (χ0n) is 17.7. The second-order valence-corrected chi connectivity index (χ2v) is 7.24. The summed E-state index contributed by atoms with van der Waals surface area (Å²) in [5, 5.41) is 6.61. The monoisotopic (exact) mass is 418 g/mol. The Kier molecular flexibility index (Phi) is 5.48. The van der Waals surface area contributed by atoms with Gasteiger partial charge in [-0.1, -0.05) is 35.0 Å². The third kappa shape index (κ3) is 4.45. The van der Waals surface area contributed by atoms with E-state index >= 15 is 0 Å². The van der Waals surface area contributed by atoms with E-state index in [4.69, 9.17) is 9.26 Å². The van der Waals surface area contributed by atoms with Crippen molar-refractivity contribution in [3.63, 3.8) is 0 Å². The van der Waals surface area contributed by atoms with Crippen LogP contribution in [0.3, 0.4) is 0 Å². The summed E-state index contributed by atoms with van der Waals surface area (Å²) in [5.74, 6) is 0.894. The molecule has 1 aromatic carbocycles. The van der Waals surface area contributed by atoms with E-state index in [1.54, 1.807) is 36.9 Å². The predicted molar refractivity (Wildman–Crippen MR) is 113 cm³/mol. The lowest BCUT2D eigenvalue weighted by Crippen LogP contribution is -2.27. The van der Waals surface area contributed by atoms with Gasteiger partial charge >= 0.3 is 6.01 Å². The molecule has 0 spiro atoms. The molecule has 3 aromatic heterocycles. The van der Waals surface area contributed by atoms with E-state index in [0.717, 1.165) is 11.1 Å². The van der Waals surface area contributed by atoms with Crippen LogP contribution in [0.4, 0.5) is 0 Å². The van der Waals surface area contributed by atoms with Crippen LogP contribution in [-0.2, 0) is 7.05 Å². The third-order valence-electron chi connectivity index (χ3n) is 4.70. The fourth-order valence-electron chi connectivity index (χ4n) is 2.97. The molecule has 0 saturated heterocycles. The molecule has 0 bridgehead atoms. The van der Waals surface area contributed by atoms with Gasteiger partial charge in [0, 0.05) is 31.2 Å². The van der Waals surface area contributed by atoms with Crippen molar-refractivity contribution in [2.24, 2.45) is 7.05 Å². The van der Waals surface area contributed by atoms with Gasteiger partial charge in [0.2, 0.25) is 11.8 Å². The number of ether oxygens (including phenoxy) is 1. The molecule has 0 fully saturated rings. The van der Waals surface area contributed by atoms with E-state index in [9.17, 15) is 4.79 Å². The Hall–Kier alpha value is -4.01. The minimum atomic E-state index is -0.444. The van der Waals surface area contributed by atoms with E-state index in [1.165, 1.54) is 6.20 Å². The minimum absolute atomic E-state index is 0.312. The summed E-state index contributed by atoms with van der Waals surface area (Å²) in [6.45, 7) is 5.51. The average Bonchev–Trinajstić information content (AvgIpc) is 3.37. The number of nitrogens with one attached hydrogen (secondary N) is 1. The highest BCUT2D eigenvalue weighted by atomic mass is 16.5. The molecule has 0 aliphatic heterocycles. The molecule has 0 radical (unpaired) electrons. The molecule has 4 aromatic rings. The first kappa shape index (κ1) is 20.3. The van der Waals surface area contributed by atoms with Crippen LogP contribution in [0, 0.1) is 13.8 Å². The number of hydrogen-bond acceptors (Lipinski definition) is 7. The Morgan fingerprint density at radius 3 is 2.61 bits per heavy atom. The van der Waals surface area contributed by atoms with Crippen molar-refractivity contribution in [1.29, 1.82) is 0 Å². The van der Waals surface area contributed by atoms with Gasteiger partial charge in [0.15, 0.2) is 5.82 Å². The second kappa shape index (κ2) is 8.39. The fraction of sp³-hybridized carbons (Fsp3) is 0.227. The van der Waals surface area contributed by atoms with E-state index in [2.05, 4.69) is 25.4 Å². The van der Waals surface area contributed by atoms with Crippen molar-refractivity contribution in [3.05, 3.63) is 71.8 Å². The molecule has 0 aliphatic carbocycles. The Morgan fingerprint density at radius 2 is 1.97 bits per heavy atom. The van der Waals surface area contributed by atoms with Crippen molar-refractivity contribution in [2.45, 2.75) is 26.8 Å². The average molecular weight is 418 g/mol. The van der Waals surface area contributed by atoms with Gasteiger partial charge in [-0.2, -0.15) is 4.98 Å². The molecule has 1 atom stereocenters. The molecule has 0 saturated carbocycles. The van der Waals surface area contributed by atoms with Crippen LogP contribution in [0.5, 0.6) is 11.9 Å². The zero-order valence-corrected chi connectivity index (χ0v) is 17.7. The number of imidazole rings is 1. The maximum absolute atomic E-state index is 12.9. The normalized spacial score (nSPS) is 11.9. The lowest BCUT2D eigenvalue weighted by molar-refractivity contribution is 0.0932. The second-order valence-electron chi connectivity index (χ2n) is 7.24. The largest absolute Gasteiger partial charge is 0.406 e. The Balaban J connectivity index is 1.66. The van der Waals surface area contributed by atoms with Gasteiger partial charge in [-0.25, -0.2) is 9.97 Å². The minimum Gasteiger partial charge on any atom is -0.406 e. The van der Waals surface area contributed by atoms with E-state index in [-0.39, 0.29) is 5.91 Å². The number of aromatic nitrogens is 5. The van der Waals surface area contributed by atoms with Gasteiger partial charge in [-0.15, -0.1) is 0 Å². The molecule has 0 unspecified atom stereocenters. The summed E-state index contributed by atoms with van der Waals surface area (Å²) in [6, 6.07) is 9.61. The number of rotatable bonds is 6. The van der Waals surface area contributed by atoms with Gasteiger partial charge in [0.1, 0.15) is 6.04 Å². The van der Waals surface area contributed by atoms with Gasteiger partial charge in [-0.3, -0.25) is 4.79 Å². The Morgan fingerprint density at radius 1 is 1.19 bits per heavy atom. The van der Waals surface area contributed by atoms with Crippen LogP contribution in [0.15, 0.2) is 53.4 Å². The van der Waals surface area contributed by atoms with Crippen LogP contribution < -0.4 is 10.1 Å². The molecular weight excluding hydrogens is 396 g/mol. The maximum Gasteiger partial charge on any atom is 0.302 e. The number of amides is 1. The zero-order chi connectivity index (χ0) is 22.0. The van der Waals surface area contributed by atoms with Crippen LogP contribution in [-0.4, -0.2) is 30.6 Å². The number of pyridine rings is 1. The van der Waals surface area contributed by atoms with Crippen LogP contribution >= 0.6 is 0 Å². The van der Waals surface area contributed by atoms with E-state index < -0.39 is 6.04 Å². The smallest absolute Gasteiger partial charge is 0.302 e. The number of hydrogen-bond donors (Lipinski definition) is 1. The third-order valence-corrected chi connectivity index (χ3v) is 4.70. The molecule has 3 heterocycles. The van der Waals surface area contributed by atoms with Gasteiger partial charge in [0.25, 0.3) is 5.91 Å². The fourth-order valence-corrected chi connectivity index (χ4v) is 2.97. The summed E-state index contributed by atoms with van der Waals surface area (Å²) in [4.78, 5) is 25.6. The molecular formula is C22H22N6O3. The summed E-state index contributed by atoms with van der Waals surface area (Å²) < 4.78 is 12.8. The first-order chi connectivity index (χ1) is 14.9. The predicted octanol–water partition coefficient (Wildman–Crippen LogP) is 3.77. The summed E-state index contributed by atoms with van der Waals surface area (Å²) in [6.07, 6.45) is 4.89. The van der Waals surface area contributed by atoms with Gasteiger partial charge in [0.05, 0.1) is 5.56 Å². The molecule has 4 rings (SSSR count). The number of carbonyl (C=O) groups is 1. The lowest BCUT2D eigenvalue weighted by Gasteiger charge is -2.13. The Labute approximate surface area is 179 Å². The van der Waals surface area contributed by atoms with Gasteiger partial charge in [-0.05, 0) is 32.4 Å². The van der Waals surface area contributed by atoms with Crippen molar-refractivity contribution in [2.75, 3.05) is 0 Å². The van der Waals surface area contributed by atoms with Crippen molar-refractivity contribution < 1.29 is 14.1 Å². The quantitative estimate of drug-likeness (QED) is 0.508. The molecule has 158 valence electrons. The standard InChI is InChI=1S/C22H22N6O3/c1-13-5-7-16(8-6-13)18-11-17(12-24-21(18)30-22-23-9-10-28(22)4)19(29)25-14(2)20-26-15(3)27-31-20/h5-12,14H,1-4H3,(H,25,29)/t14-/m1/s1. The van der Waals surface area contributed by atoms with Gasteiger partial charge < -0.3 is 19.1 Å². The number of carbonyl (C=O) groups excluding carboxylic acids is 1. The summed E-state index contributed by atoms with van der Waals surface area (Å²) >= 11 is 0. The maximum atomic E-state index is 12.9. The molecule has 0 aliphatic rings. The highest BCUT2D eigenvalue weighted by Crippen LogP contribution is 2.32. The van der Waals surface area contributed by atoms with Crippen molar-refractivity contribution in [3.8, 4) is 23.0 Å². The SMILES string of the molecule is Cc1ccc(-c2cc(C(=O)N[C@H](C)c3nc(C)no3)cnc2Oc2nccn2C)cc1. The highest BCUT2D eigenvalue weighted by Gasteiger charge is 2.19.